The minimum Gasteiger partial charge on any atom is -0.383 e. The fourth-order valence-electron chi connectivity index (χ4n) is 3.08. The molecule has 0 bridgehead atoms. The van der Waals surface area contributed by atoms with Crippen LogP contribution in [0.4, 0.5) is 5.82 Å². The molecule has 0 aromatic carbocycles. The minimum absolute atomic E-state index is 0.103. The maximum absolute atomic E-state index is 12.7. The second-order valence-corrected chi connectivity index (χ2v) is 6.78. The molecule has 1 aliphatic rings. The summed E-state index contributed by atoms with van der Waals surface area (Å²) in [6.45, 7) is 3.61. The predicted molar refractivity (Wildman–Crippen MR) is 95.4 cm³/mol. The summed E-state index contributed by atoms with van der Waals surface area (Å²) in [6.07, 6.45) is 8.52. The van der Waals surface area contributed by atoms with Gasteiger partial charge in [0.05, 0.1) is 18.3 Å². The van der Waals surface area contributed by atoms with Crippen LogP contribution in [0, 0.1) is 0 Å². The van der Waals surface area contributed by atoms with E-state index in [4.69, 9.17) is 0 Å². The van der Waals surface area contributed by atoms with Crippen LogP contribution in [0.2, 0.25) is 0 Å². The Morgan fingerprint density at radius 3 is 2.80 bits per heavy atom. The van der Waals surface area contributed by atoms with Gasteiger partial charge in [0.2, 0.25) is 0 Å². The van der Waals surface area contributed by atoms with Crippen LogP contribution in [-0.4, -0.2) is 45.4 Å². The Hall–Kier alpha value is -2.41. The van der Waals surface area contributed by atoms with Gasteiger partial charge in [-0.25, -0.2) is 4.98 Å². The summed E-state index contributed by atoms with van der Waals surface area (Å²) in [5, 5.41) is 17.5. The second kappa shape index (κ2) is 7.23. The van der Waals surface area contributed by atoms with Crippen molar-refractivity contribution < 1.29 is 9.90 Å². The lowest BCUT2D eigenvalue weighted by molar-refractivity contribution is 0.0526. The normalized spacial score (nSPS) is 17.2. The Kier molecular flexibility index (Phi) is 5.03. The fourth-order valence-corrected chi connectivity index (χ4v) is 3.08. The molecule has 0 saturated carbocycles. The number of hydrogen-bond acceptors (Lipinski definition) is 5. The molecule has 3 rings (SSSR count). The van der Waals surface area contributed by atoms with Gasteiger partial charge in [0.1, 0.15) is 11.4 Å². The highest BCUT2D eigenvalue weighted by Crippen LogP contribution is 2.22. The molecule has 2 aromatic rings. The third kappa shape index (κ3) is 3.99. The summed E-state index contributed by atoms with van der Waals surface area (Å²) in [6, 6.07) is 3.55. The third-order valence-corrected chi connectivity index (χ3v) is 4.61. The summed E-state index contributed by atoms with van der Waals surface area (Å²) >= 11 is 0. The van der Waals surface area contributed by atoms with Crippen molar-refractivity contribution in [2.45, 2.75) is 31.8 Å². The average molecular weight is 343 g/mol. The van der Waals surface area contributed by atoms with Gasteiger partial charge in [0.15, 0.2) is 0 Å². The minimum atomic E-state index is -1.18. The Balaban J connectivity index is 1.71. The Morgan fingerprint density at radius 1 is 1.36 bits per heavy atom. The molecule has 0 radical (unpaired) electrons. The highest BCUT2D eigenvalue weighted by Gasteiger charge is 2.27. The fraction of sp³-hybridized carbons (Fsp3) is 0.500. The van der Waals surface area contributed by atoms with Crippen LogP contribution < -0.4 is 10.2 Å². The number of aromatic nitrogens is 3. The lowest BCUT2D eigenvalue weighted by Gasteiger charge is -2.29. The number of carbonyl (C=O) groups is 1. The van der Waals surface area contributed by atoms with Gasteiger partial charge in [-0.05, 0) is 38.3 Å². The molecule has 3 heterocycles. The number of nitrogens with zero attached hydrogens (tertiary/aromatic N) is 4. The van der Waals surface area contributed by atoms with Crippen molar-refractivity contribution in [3.8, 4) is 0 Å². The van der Waals surface area contributed by atoms with Crippen molar-refractivity contribution >= 4 is 11.7 Å². The molecule has 0 spiro atoms. The summed E-state index contributed by atoms with van der Waals surface area (Å²) < 4.78 is 1.63. The predicted octanol–water partition coefficient (Wildman–Crippen LogP) is 1.44. The summed E-state index contributed by atoms with van der Waals surface area (Å²) in [5.41, 5.74) is 0.0290. The van der Waals surface area contributed by atoms with Crippen molar-refractivity contribution in [2.75, 3.05) is 24.5 Å². The number of nitrogens with one attached hydrogen (secondary N) is 1. The van der Waals surface area contributed by atoms with Gasteiger partial charge >= 0.3 is 0 Å². The van der Waals surface area contributed by atoms with Crippen LogP contribution in [0.3, 0.4) is 0 Å². The molecule has 1 amide bonds. The lowest BCUT2D eigenvalue weighted by Crippen LogP contribution is -2.39. The van der Waals surface area contributed by atoms with Crippen molar-refractivity contribution in [2.24, 2.45) is 7.05 Å². The van der Waals surface area contributed by atoms with Gasteiger partial charge in [-0.3, -0.25) is 9.48 Å². The zero-order chi connectivity index (χ0) is 17.9. The molecule has 1 fully saturated rings. The maximum atomic E-state index is 12.7. The topological polar surface area (TPSA) is 83.3 Å². The molecular formula is C18H25N5O2. The first-order valence-electron chi connectivity index (χ1n) is 8.67. The first kappa shape index (κ1) is 17.4. The van der Waals surface area contributed by atoms with E-state index in [9.17, 15) is 9.90 Å². The van der Waals surface area contributed by atoms with Crippen LogP contribution in [0.25, 0.3) is 0 Å². The van der Waals surface area contributed by atoms with Crippen molar-refractivity contribution in [1.29, 1.82) is 0 Å². The zero-order valence-corrected chi connectivity index (χ0v) is 14.8. The smallest absolute Gasteiger partial charge is 0.255 e. The third-order valence-electron chi connectivity index (χ3n) is 4.61. The maximum Gasteiger partial charge on any atom is 0.255 e. The van der Waals surface area contributed by atoms with E-state index in [1.165, 1.54) is 6.42 Å². The molecule has 7 heteroatoms. The molecule has 2 aromatic heterocycles. The number of hydrogen-bond donors (Lipinski definition) is 2. The van der Waals surface area contributed by atoms with E-state index < -0.39 is 5.60 Å². The molecule has 25 heavy (non-hydrogen) atoms. The van der Waals surface area contributed by atoms with Crippen LogP contribution in [0.5, 0.6) is 0 Å². The number of aryl methyl sites for hydroxylation is 1. The summed E-state index contributed by atoms with van der Waals surface area (Å²) in [7, 11) is 1.79. The van der Waals surface area contributed by atoms with Crippen LogP contribution in [0.15, 0.2) is 30.7 Å². The molecule has 7 nitrogen and oxygen atoms in total. The van der Waals surface area contributed by atoms with Gasteiger partial charge in [-0.15, -0.1) is 0 Å². The number of piperidine rings is 1. The van der Waals surface area contributed by atoms with Crippen LogP contribution >= 0.6 is 0 Å². The quantitative estimate of drug-likeness (QED) is 0.858. The molecular weight excluding hydrogens is 318 g/mol. The van der Waals surface area contributed by atoms with Gasteiger partial charge in [-0.2, -0.15) is 5.10 Å². The Bertz CT molecular complexity index is 735. The van der Waals surface area contributed by atoms with Crippen molar-refractivity contribution in [3.05, 3.63) is 41.9 Å². The lowest BCUT2D eigenvalue weighted by atomic mass is 9.99. The standard InChI is InChI=1S/C18H25N5O2/c1-18(25,14-11-21-22(2)12-14)13-20-17(24)15-7-6-8-19-16(15)23-9-4-3-5-10-23/h6-8,11-12,25H,3-5,9-10,13H2,1-2H3,(H,20,24). The van der Waals surface area contributed by atoms with Crippen molar-refractivity contribution in [1.82, 2.24) is 20.1 Å². The summed E-state index contributed by atoms with van der Waals surface area (Å²) in [4.78, 5) is 19.3. The van der Waals surface area contributed by atoms with E-state index in [0.29, 0.717) is 11.1 Å². The molecule has 1 unspecified atom stereocenters. The van der Waals surface area contributed by atoms with Gasteiger partial charge < -0.3 is 15.3 Å². The number of aliphatic hydroxyl groups is 1. The number of rotatable bonds is 5. The number of pyridine rings is 1. The largest absolute Gasteiger partial charge is 0.383 e. The van der Waals surface area contributed by atoms with E-state index >= 15 is 0 Å². The van der Waals surface area contributed by atoms with E-state index in [2.05, 4.69) is 20.3 Å². The molecule has 1 atom stereocenters. The Labute approximate surface area is 147 Å². The molecule has 1 aliphatic heterocycles. The van der Waals surface area contributed by atoms with Gasteiger partial charge in [0.25, 0.3) is 5.91 Å². The highest BCUT2D eigenvalue weighted by molar-refractivity contribution is 5.98. The molecule has 1 saturated heterocycles. The molecule has 2 N–H and O–H groups in total. The average Bonchev–Trinajstić information content (AvgIpc) is 3.08. The van der Waals surface area contributed by atoms with Crippen LogP contribution in [0.1, 0.15) is 42.1 Å². The monoisotopic (exact) mass is 343 g/mol. The Morgan fingerprint density at radius 2 is 2.12 bits per heavy atom. The van der Waals surface area contributed by atoms with E-state index in [-0.39, 0.29) is 12.5 Å². The van der Waals surface area contributed by atoms with Crippen molar-refractivity contribution in [3.63, 3.8) is 0 Å². The highest BCUT2D eigenvalue weighted by atomic mass is 16.3. The molecule has 0 aliphatic carbocycles. The number of carbonyl (C=O) groups excluding carboxylic acids is 1. The van der Waals surface area contributed by atoms with E-state index in [1.54, 1.807) is 49.4 Å². The number of amides is 1. The number of anilines is 1. The van der Waals surface area contributed by atoms with Gasteiger partial charge in [-0.1, -0.05) is 0 Å². The molecule has 134 valence electrons. The second-order valence-electron chi connectivity index (χ2n) is 6.78. The van der Waals surface area contributed by atoms with Crippen LogP contribution in [-0.2, 0) is 12.6 Å². The van der Waals surface area contributed by atoms with Gasteiger partial charge in [0, 0.05) is 38.1 Å². The zero-order valence-electron chi connectivity index (χ0n) is 14.8. The first-order valence-corrected chi connectivity index (χ1v) is 8.67. The SMILES string of the molecule is Cn1cc(C(C)(O)CNC(=O)c2cccnc2N2CCCCC2)cn1. The first-order chi connectivity index (χ1) is 12.0. The van der Waals surface area contributed by atoms with E-state index in [1.807, 2.05) is 0 Å². The van der Waals surface area contributed by atoms with E-state index in [0.717, 1.165) is 31.7 Å². The summed E-state index contributed by atoms with van der Waals surface area (Å²) in [5.74, 6) is 0.499.